The molecule has 0 saturated carbocycles. The molecule has 1 amide bonds. The lowest BCUT2D eigenvalue weighted by molar-refractivity contribution is -0.180. The van der Waals surface area contributed by atoms with Crippen molar-refractivity contribution < 1.29 is 14.3 Å². The summed E-state index contributed by atoms with van der Waals surface area (Å²) in [7, 11) is 1.59. The minimum atomic E-state index is -0.799. The summed E-state index contributed by atoms with van der Waals surface area (Å²) in [4.78, 5) is 16.6. The first-order chi connectivity index (χ1) is 12.9. The predicted octanol–water partition coefficient (Wildman–Crippen LogP) is 3.69. The van der Waals surface area contributed by atoms with Crippen LogP contribution in [-0.2, 0) is 17.9 Å². The van der Waals surface area contributed by atoms with Gasteiger partial charge in [-0.2, -0.15) is 0 Å². The van der Waals surface area contributed by atoms with Crippen molar-refractivity contribution in [1.29, 1.82) is 0 Å². The molecule has 0 bridgehead atoms. The normalized spacial score (nSPS) is 15.3. The van der Waals surface area contributed by atoms with E-state index in [2.05, 4.69) is 67.9 Å². The Labute approximate surface area is 171 Å². The molecule has 1 aliphatic heterocycles. The number of carbonyl (C=O) groups excluding carboxylic acids is 1. The van der Waals surface area contributed by atoms with Crippen molar-refractivity contribution in [2.75, 3.05) is 7.05 Å². The van der Waals surface area contributed by atoms with Crippen LogP contribution in [0.3, 0.4) is 0 Å². The molecule has 1 N–H and O–H groups in total. The van der Waals surface area contributed by atoms with E-state index in [4.69, 9.17) is 9.47 Å². The molecule has 27 heavy (non-hydrogen) atoms. The van der Waals surface area contributed by atoms with Gasteiger partial charge in [-0.05, 0) is 52.4 Å². The van der Waals surface area contributed by atoms with Crippen LogP contribution < -0.4 is 10.1 Å². The molecular formula is C20H20IN3O3. The maximum atomic E-state index is 12.2. The molecule has 2 aromatic heterocycles. The molecule has 4 rings (SSSR count). The minimum Gasteiger partial charge on any atom is -0.460 e. The van der Waals surface area contributed by atoms with E-state index < -0.39 is 5.79 Å². The Bertz CT molecular complexity index is 1040. The van der Waals surface area contributed by atoms with Crippen LogP contribution in [0.25, 0.3) is 10.9 Å². The van der Waals surface area contributed by atoms with Crippen LogP contribution in [0.15, 0.2) is 36.7 Å². The first kappa shape index (κ1) is 18.2. The molecule has 0 saturated heterocycles. The molecule has 7 heteroatoms. The number of halogens is 1. The smallest absolute Gasteiger partial charge is 0.273 e. The van der Waals surface area contributed by atoms with Crippen LogP contribution >= 0.6 is 22.6 Å². The number of nitrogens with zero attached hydrogens (tertiary/aromatic N) is 2. The fraction of sp³-hybridized carbons (Fsp3) is 0.300. The molecule has 1 aliphatic rings. The van der Waals surface area contributed by atoms with Gasteiger partial charge in [0.1, 0.15) is 0 Å². The van der Waals surface area contributed by atoms with E-state index >= 15 is 0 Å². The van der Waals surface area contributed by atoms with Gasteiger partial charge in [0, 0.05) is 59.9 Å². The molecule has 0 spiro atoms. The number of aromatic nitrogens is 2. The van der Waals surface area contributed by atoms with Gasteiger partial charge in [0.2, 0.25) is 5.79 Å². The van der Waals surface area contributed by atoms with E-state index in [-0.39, 0.29) is 5.91 Å². The second-order valence-corrected chi connectivity index (χ2v) is 8.20. The Morgan fingerprint density at radius 1 is 1.37 bits per heavy atom. The maximum Gasteiger partial charge on any atom is 0.273 e. The molecule has 0 unspecified atom stereocenters. The monoisotopic (exact) mass is 477 g/mol. The standard InChI is InChI=1S/C20H20IN3O3/c1-20(2)26-11-15-13(9-23-17(18(15)27-20)19(25)22-3)10-24-7-6-12-8-14(21)4-5-16(12)24/h4-9H,10-11H2,1-3H3,(H,22,25). The largest absolute Gasteiger partial charge is 0.460 e. The lowest BCUT2D eigenvalue weighted by Gasteiger charge is -2.34. The van der Waals surface area contributed by atoms with Crippen LogP contribution in [0.4, 0.5) is 0 Å². The number of ether oxygens (including phenoxy) is 2. The number of fused-ring (bicyclic) bond motifs is 2. The highest BCUT2D eigenvalue weighted by molar-refractivity contribution is 14.1. The number of hydrogen-bond donors (Lipinski definition) is 1. The van der Waals surface area contributed by atoms with Crippen molar-refractivity contribution in [1.82, 2.24) is 14.9 Å². The van der Waals surface area contributed by atoms with Gasteiger partial charge in [0.05, 0.1) is 6.61 Å². The average Bonchev–Trinajstić information content (AvgIpc) is 3.02. The van der Waals surface area contributed by atoms with Gasteiger partial charge in [-0.3, -0.25) is 4.79 Å². The second kappa shape index (κ2) is 6.79. The van der Waals surface area contributed by atoms with Crippen molar-refractivity contribution in [2.45, 2.75) is 32.8 Å². The Hall–Kier alpha value is -2.13. The Morgan fingerprint density at radius 2 is 2.19 bits per heavy atom. The highest BCUT2D eigenvalue weighted by Crippen LogP contribution is 2.36. The minimum absolute atomic E-state index is 0.267. The van der Waals surface area contributed by atoms with E-state index in [1.165, 1.54) is 8.96 Å². The molecule has 6 nitrogen and oxygen atoms in total. The van der Waals surface area contributed by atoms with Gasteiger partial charge in [-0.1, -0.05) is 0 Å². The Balaban J connectivity index is 1.78. The number of nitrogens with one attached hydrogen (secondary N) is 1. The van der Waals surface area contributed by atoms with E-state index in [0.29, 0.717) is 24.6 Å². The lowest BCUT2D eigenvalue weighted by Crippen LogP contribution is -2.37. The molecule has 3 heterocycles. The summed E-state index contributed by atoms with van der Waals surface area (Å²) >= 11 is 2.32. The summed E-state index contributed by atoms with van der Waals surface area (Å²) < 4.78 is 15.2. The van der Waals surface area contributed by atoms with Crippen molar-refractivity contribution in [3.05, 3.63) is 57.1 Å². The molecule has 140 valence electrons. The summed E-state index contributed by atoms with van der Waals surface area (Å²) in [5.74, 6) is -0.557. The molecule has 1 aromatic carbocycles. The quantitative estimate of drug-likeness (QED) is 0.585. The SMILES string of the molecule is CNC(=O)c1ncc(Cn2ccc3cc(I)ccc32)c2c1OC(C)(C)OC2. The molecule has 0 fully saturated rings. The van der Waals surface area contributed by atoms with Crippen LogP contribution in [0, 0.1) is 3.57 Å². The van der Waals surface area contributed by atoms with Crippen LogP contribution in [0.2, 0.25) is 0 Å². The first-order valence-corrected chi connectivity index (χ1v) is 9.76. The number of carbonyl (C=O) groups is 1. The highest BCUT2D eigenvalue weighted by Gasteiger charge is 2.33. The van der Waals surface area contributed by atoms with E-state index in [9.17, 15) is 4.79 Å². The number of hydrogen-bond acceptors (Lipinski definition) is 4. The van der Waals surface area contributed by atoms with E-state index in [1.807, 2.05) is 13.8 Å². The average molecular weight is 477 g/mol. The summed E-state index contributed by atoms with van der Waals surface area (Å²) in [6.07, 6.45) is 3.81. The zero-order valence-electron chi connectivity index (χ0n) is 15.4. The summed E-state index contributed by atoms with van der Waals surface area (Å²) in [5, 5.41) is 3.82. The zero-order chi connectivity index (χ0) is 19.2. The third kappa shape index (κ3) is 3.41. The first-order valence-electron chi connectivity index (χ1n) is 8.68. The third-order valence-corrected chi connectivity index (χ3v) is 5.33. The molecule has 0 atom stereocenters. The number of amides is 1. The van der Waals surface area contributed by atoms with Crippen LogP contribution in [0.1, 0.15) is 35.5 Å². The zero-order valence-corrected chi connectivity index (χ0v) is 17.5. The molecule has 0 aliphatic carbocycles. The van der Waals surface area contributed by atoms with Gasteiger partial charge in [-0.25, -0.2) is 4.98 Å². The van der Waals surface area contributed by atoms with Crippen molar-refractivity contribution >= 4 is 39.4 Å². The fourth-order valence-electron chi connectivity index (χ4n) is 3.27. The topological polar surface area (TPSA) is 65.4 Å². The van der Waals surface area contributed by atoms with Crippen LogP contribution in [0.5, 0.6) is 5.75 Å². The highest BCUT2D eigenvalue weighted by atomic mass is 127. The van der Waals surface area contributed by atoms with Gasteiger partial charge in [0.25, 0.3) is 5.91 Å². The van der Waals surface area contributed by atoms with Crippen LogP contribution in [-0.4, -0.2) is 28.3 Å². The number of pyridine rings is 1. The predicted molar refractivity (Wildman–Crippen MR) is 111 cm³/mol. The Kier molecular flexibility index (Phi) is 4.59. The van der Waals surface area contributed by atoms with Gasteiger partial charge < -0.3 is 19.4 Å². The number of rotatable bonds is 3. The summed E-state index contributed by atoms with van der Waals surface area (Å²) in [6.45, 7) is 4.66. The second-order valence-electron chi connectivity index (χ2n) is 6.96. The van der Waals surface area contributed by atoms with Gasteiger partial charge >= 0.3 is 0 Å². The van der Waals surface area contributed by atoms with Crippen molar-refractivity contribution in [3.63, 3.8) is 0 Å². The third-order valence-electron chi connectivity index (χ3n) is 4.65. The molecule has 0 radical (unpaired) electrons. The summed E-state index contributed by atoms with van der Waals surface area (Å²) in [6, 6.07) is 8.47. The van der Waals surface area contributed by atoms with Crippen molar-refractivity contribution in [2.24, 2.45) is 0 Å². The molecular weight excluding hydrogens is 457 g/mol. The lowest BCUT2D eigenvalue weighted by atomic mass is 10.1. The molecule has 3 aromatic rings. The summed E-state index contributed by atoms with van der Waals surface area (Å²) in [5.41, 5.74) is 3.29. The van der Waals surface area contributed by atoms with Gasteiger partial charge in [0.15, 0.2) is 11.4 Å². The maximum absolute atomic E-state index is 12.2. The van der Waals surface area contributed by atoms with E-state index in [1.54, 1.807) is 13.2 Å². The van der Waals surface area contributed by atoms with Crippen molar-refractivity contribution in [3.8, 4) is 5.75 Å². The number of benzene rings is 1. The van der Waals surface area contributed by atoms with Gasteiger partial charge in [-0.15, -0.1) is 0 Å². The fourth-order valence-corrected chi connectivity index (χ4v) is 3.78. The Morgan fingerprint density at radius 3 is 2.96 bits per heavy atom. The van der Waals surface area contributed by atoms with E-state index in [0.717, 1.165) is 16.6 Å².